The Morgan fingerprint density at radius 2 is 2.00 bits per heavy atom. The van der Waals surface area contributed by atoms with Crippen molar-refractivity contribution in [3.63, 3.8) is 0 Å². The van der Waals surface area contributed by atoms with Gasteiger partial charge in [-0.3, -0.25) is 4.99 Å². The zero-order valence-electron chi connectivity index (χ0n) is 17.2. The van der Waals surface area contributed by atoms with Gasteiger partial charge in [0.15, 0.2) is 5.96 Å². The molecule has 1 aromatic carbocycles. The van der Waals surface area contributed by atoms with Gasteiger partial charge in [0.2, 0.25) is 0 Å². The molecule has 2 aliphatic rings. The van der Waals surface area contributed by atoms with E-state index in [0.29, 0.717) is 18.3 Å². The Hall–Kier alpha value is -2.76. The topological polar surface area (TPSA) is 72.8 Å². The lowest BCUT2D eigenvalue weighted by atomic mass is 9.88. The van der Waals surface area contributed by atoms with Crippen LogP contribution in [0.2, 0.25) is 0 Å². The SMILES string of the molecule is CN=C(NCc1c(O)ccc2c1CCCC2)NC1CCN(c2ccccn2)CC1. The molecule has 29 heavy (non-hydrogen) atoms. The molecule has 1 aliphatic carbocycles. The third kappa shape index (κ3) is 4.63. The van der Waals surface area contributed by atoms with Crippen LogP contribution in [0.3, 0.4) is 0 Å². The minimum absolute atomic E-state index is 0.386. The van der Waals surface area contributed by atoms with Crippen molar-refractivity contribution in [2.75, 3.05) is 25.0 Å². The van der Waals surface area contributed by atoms with Gasteiger partial charge >= 0.3 is 0 Å². The normalized spacial score (nSPS) is 17.7. The summed E-state index contributed by atoms with van der Waals surface area (Å²) in [5.41, 5.74) is 3.73. The maximum Gasteiger partial charge on any atom is 0.191 e. The van der Waals surface area contributed by atoms with Crippen molar-refractivity contribution in [1.82, 2.24) is 15.6 Å². The highest BCUT2D eigenvalue weighted by Crippen LogP contribution is 2.30. The lowest BCUT2D eigenvalue weighted by molar-refractivity contribution is 0.456. The van der Waals surface area contributed by atoms with Gasteiger partial charge in [-0.15, -0.1) is 0 Å². The Kier molecular flexibility index (Phi) is 6.17. The number of aliphatic imine (C=N–C) groups is 1. The molecule has 3 N–H and O–H groups in total. The zero-order chi connectivity index (χ0) is 20.1. The van der Waals surface area contributed by atoms with Crippen molar-refractivity contribution in [2.24, 2.45) is 4.99 Å². The van der Waals surface area contributed by atoms with E-state index in [1.807, 2.05) is 24.4 Å². The molecule has 0 radical (unpaired) electrons. The van der Waals surface area contributed by atoms with Crippen molar-refractivity contribution >= 4 is 11.8 Å². The zero-order valence-corrected chi connectivity index (χ0v) is 17.2. The smallest absolute Gasteiger partial charge is 0.191 e. The molecule has 2 aromatic rings. The molecule has 1 saturated heterocycles. The minimum atomic E-state index is 0.386. The molecule has 1 fully saturated rings. The van der Waals surface area contributed by atoms with Gasteiger partial charge in [-0.1, -0.05) is 12.1 Å². The molecule has 0 unspecified atom stereocenters. The summed E-state index contributed by atoms with van der Waals surface area (Å²) in [7, 11) is 1.80. The summed E-state index contributed by atoms with van der Waals surface area (Å²) < 4.78 is 0. The number of phenols is 1. The number of piperidine rings is 1. The number of aromatic hydroxyl groups is 1. The Labute approximate surface area is 173 Å². The van der Waals surface area contributed by atoms with E-state index in [2.05, 4.69) is 37.6 Å². The second kappa shape index (κ2) is 9.16. The highest BCUT2D eigenvalue weighted by molar-refractivity contribution is 5.80. The predicted molar refractivity (Wildman–Crippen MR) is 118 cm³/mol. The number of pyridine rings is 1. The third-order valence-electron chi connectivity index (χ3n) is 6.09. The molecule has 1 aliphatic heterocycles. The Morgan fingerprint density at radius 1 is 1.17 bits per heavy atom. The molecular formula is C23H31N5O. The van der Waals surface area contributed by atoms with E-state index in [1.165, 1.54) is 24.0 Å². The molecular weight excluding hydrogens is 362 g/mol. The summed E-state index contributed by atoms with van der Waals surface area (Å²) in [5.74, 6) is 2.24. The highest BCUT2D eigenvalue weighted by Gasteiger charge is 2.21. The number of aryl methyl sites for hydroxylation is 1. The maximum atomic E-state index is 10.4. The number of nitrogens with zero attached hydrogens (tertiary/aromatic N) is 3. The highest BCUT2D eigenvalue weighted by atomic mass is 16.3. The van der Waals surface area contributed by atoms with Crippen LogP contribution in [0.5, 0.6) is 5.75 Å². The van der Waals surface area contributed by atoms with Gasteiger partial charge in [0.1, 0.15) is 11.6 Å². The first-order valence-corrected chi connectivity index (χ1v) is 10.7. The van der Waals surface area contributed by atoms with Crippen molar-refractivity contribution in [3.8, 4) is 5.75 Å². The first-order chi connectivity index (χ1) is 14.2. The number of phenolic OH excluding ortho intramolecular Hbond substituents is 1. The van der Waals surface area contributed by atoms with Gasteiger partial charge in [0.05, 0.1) is 0 Å². The van der Waals surface area contributed by atoms with Crippen LogP contribution in [0, 0.1) is 0 Å². The number of hydrogen-bond acceptors (Lipinski definition) is 4. The quantitative estimate of drug-likeness (QED) is 0.550. The number of anilines is 1. The van der Waals surface area contributed by atoms with Gasteiger partial charge in [-0.2, -0.15) is 0 Å². The molecule has 4 rings (SSSR count). The average molecular weight is 394 g/mol. The van der Waals surface area contributed by atoms with Crippen molar-refractivity contribution in [2.45, 2.75) is 51.1 Å². The number of guanidine groups is 1. The van der Waals surface area contributed by atoms with E-state index in [4.69, 9.17) is 0 Å². The molecule has 6 heteroatoms. The number of hydrogen-bond donors (Lipinski definition) is 3. The third-order valence-corrected chi connectivity index (χ3v) is 6.09. The van der Waals surface area contributed by atoms with Crippen LogP contribution >= 0.6 is 0 Å². The second-order valence-corrected chi connectivity index (χ2v) is 7.93. The number of rotatable bonds is 4. The molecule has 0 amide bonds. The Morgan fingerprint density at radius 3 is 2.76 bits per heavy atom. The first-order valence-electron chi connectivity index (χ1n) is 10.7. The standard InChI is InChI=1S/C23H31N5O/c1-24-23(26-16-20-19-7-3-2-6-17(19)9-10-21(20)29)27-18-11-14-28(15-12-18)22-8-4-5-13-25-22/h4-5,8-10,13,18,29H,2-3,6-7,11-12,14-16H2,1H3,(H2,24,26,27). The van der Waals surface area contributed by atoms with Gasteiger partial charge < -0.3 is 20.6 Å². The van der Waals surface area contributed by atoms with Crippen LogP contribution in [0.1, 0.15) is 42.4 Å². The molecule has 0 bridgehead atoms. The van der Waals surface area contributed by atoms with Gasteiger partial charge in [-0.05, 0) is 67.9 Å². The molecule has 0 saturated carbocycles. The van der Waals surface area contributed by atoms with Crippen LogP contribution in [-0.2, 0) is 19.4 Å². The Bertz CT molecular complexity index is 844. The lowest BCUT2D eigenvalue weighted by Crippen LogP contribution is -2.48. The van der Waals surface area contributed by atoms with Crippen LogP contribution in [0.15, 0.2) is 41.5 Å². The van der Waals surface area contributed by atoms with E-state index in [0.717, 1.165) is 56.1 Å². The molecule has 0 atom stereocenters. The van der Waals surface area contributed by atoms with Crippen LogP contribution in [0.25, 0.3) is 0 Å². The Balaban J connectivity index is 1.32. The van der Waals surface area contributed by atoms with Crippen LogP contribution in [-0.4, -0.2) is 42.2 Å². The predicted octanol–water partition coefficient (Wildman–Crippen LogP) is 3.00. The lowest BCUT2D eigenvalue weighted by Gasteiger charge is -2.33. The summed E-state index contributed by atoms with van der Waals surface area (Å²) in [6.45, 7) is 2.57. The second-order valence-electron chi connectivity index (χ2n) is 7.93. The fraction of sp³-hybridized carbons (Fsp3) is 0.478. The maximum absolute atomic E-state index is 10.4. The molecule has 6 nitrogen and oxygen atoms in total. The van der Waals surface area contributed by atoms with Gasteiger partial charge in [0.25, 0.3) is 0 Å². The fourth-order valence-electron chi connectivity index (χ4n) is 4.44. The van der Waals surface area contributed by atoms with E-state index >= 15 is 0 Å². The van der Waals surface area contributed by atoms with Gasteiger partial charge in [-0.25, -0.2) is 4.98 Å². The molecule has 154 valence electrons. The summed E-state index contributed by atoms with van der Waals surface area (Å²) >= 11 is 0. The minimum Gasteiger partial charge on any atom is -0.508 e. The average Bonchev–Trinajstić information content (AvgIpc) is 2.78. The molecule has 1 aromatic heterocycles. The summed E-state index contributed by atoms with van der Waals surface area (Å²) in [6.07, 6.45) is 8.55. The van der Waals surface area contributed by atoms with Gasteiger partial charge in [0, 0.05) is 44.5 Å². The van der Waals surface area contributed by atoms with E-state index in [1.54, 1.807) is 7.05 Å². The fourth-order valence-corrected chi connectivity index (χ4v) is 4.44. The monoisotopic (exact) mass is 393 g/mol. The van der Waals surface area contributed by atoms with Crippen molar-refractivity contribution < 1.29 is 5.11 Å². The largest absolute Gasteiger partial charge is 0.508 e. The summed E-state index contributed by atoms with van der Waals surface area (Å²) in [5, 5.41) is 17.4. The summed E-state index contributed by atoms with van der Waals surface area (Å²) in [6, 6.07) is 10.4. The van der Waals surface area contributed by atoms with Crippen LogP contribution < -0.4 is 15.5 Å². The number of fused-ring (bicyclic) bond motifs is 1. The number of aromatic nitrogens is 1. The van der Waals surface area contributed by atoms with Crippen molar-refractivity contribution in [3.05, 3.63) is 53.2 Å². The van der Waals surface area contributed by atoms with E-state index < -0.39 is 0 Å². The molecule has 2 heterocycles. The van der Waals surface area contributed by atoms with E-state index in [9.17, 15) is 5.11 Å². The summed E-state index contributed by atoms with van der Waals surface area (Å²) in [4.78, 5) is 11.2. The number of nitrogens with one attached hydrogen (secondary N) is 2. The number of benzene rings is 1. The van der Waals surface area contributed by atoms with E-state index in [-0.39, 0.29) is 0 Å². The van der Waals surface area contributed by atoms with Crippen molar-refractivity contribution in [1.29, 1.82) is 0 Å². The van der Waals surface area contributed by atoms with Crippen LogP contribution in [0.4, 0.5) is 5.82 Å². The first kappa shape index (κ1) is 19.6. The molecule has 0 spiro atoms.